The van der Waals surface area contributed by atoms with E-state index in [1.807, 2.05) is 24.4 Å². The average molecular weight is 290 g/mol. The predicted octanol–water partition coefficient (Wildman–Crippen LogP) is 4.00. The van der Waals surface area contributed by atoms with Crippen LogP contribution in [0.5, 0.6) is 0 Å². The summed E-state index contributed by atoms with van der Waals surface area (Å²) in [5, 5.41) is 1.10. The minimum absolute atomic E-state index is 0.338. The summed E-state index contributed by atoms with van der Waals surface area (Å²) in [6.45, 7) is 0. The number of furan rings is 1. The van der Waals surface area contributed by atoms with Crippen molar-refractivity contribution < 1.29 is 9.21 Å². The molecule has 3 nitrogen and oxygen atoms in total. The number of halogens is 1. The Morgan fingerprint density at radius 2 is 2.12 bits per heavy atom. The number of hydrogen-bond acceptors (Lipinski definition) is 2. The first kappa shape index (κ1) is 10.4. The largest absolute Gasteiger partial charge is 0.453 e. The topological polar surface area (TPSA) is 46.0 Å². The average Bonchev–Trinajstić information content (AvgIpc) is 2.97. The Labute approximate surface area is 106 Å². The van der Waals surface area contributed by atoms with Crippen LogP contribution < -0.4 is 0 Å². The number of carbonyl (C=O) groups is 1. The van der Waals surface area contributed by atoms with Gasteiger partial charge in [0, 0.05) is 21.6 Å². The second-order valence-corrected chi connectivity index (χ2v) is 4.57. The molecule has 0 fully saturated rings. The van der Waals surface area contributed by atoms with Crippen LogP contribution in [-0.2, 0) is 0 Å². The smallest absolute Gasteiger partial charge is 0.185 e. The van der Waals surface area contributed by atoms with E-state index in [9.17, 15) is 4.79 Å². The van der Waals surface area contributed by atoms with E-state index < -0.39 is 0 Å². The van der Waals surface area contributed by atoms with Crippen LogP contribution in [0.25, 0.3) is 22.2 Å². The van der Waals surface area contributed by atoms with Gasteiger partial charge in [0.15, 0.2) is 12.0 Å². The molecule has 3 rings (SSSR count). The lowest BCUT2D eigenvalue weighted by Crippen LogP contribution is -1.77. The number of rotatable bonds is 2. The number of aldehydes is 1. The zero-order valence-electron chi connectivity index (χ0n) is 8.74. The Morgan fingerprint density at radius 3 is 2.88 bits per heavy atom. The lowest BCUT2D eigenvalue weighted by atomic mass is 10.1. The Bertz CT molecular complexity index is 696. The summed E-state index contributed by atoms with van der Waals surface area (Å²) in [6.07, 6.45) is 2.59. The highest BCUT2D eigenvalue weighted by Crippen LogP contribution is 2.30. The van der Waals surface area contributed by atoms with E-state index in [0.717, 1.165) is 20.9 Å². The quantitative estimate of drug-likeness (QED) is 0.725. The summed E-state index contributed by atoms with van der Waals surface area (Å²) in [5.41, 5.74) is 1.99. The Morgan fingerprint density at radius 1 is 1.24 bits per heavy atom. The Balaban J connectivity index is 2.19. The van der Waals surface area contributed by atoms with Crippen molar-refractivity contribution >= 4 is 33.1 Å². The number of benzene rings is 1. The van der Waals surface area contributed by atoms with E-state index in [4.69, 9.17) is 4.42 Å². The van der Waals surface area contributed by atoms with Crippen molar-refractivity contribution in [2.24, 2.45) is 0 Å². The number of nitrogens with one attached hydrogen (secondary N) is 1. The third-order valence-electron chi connectivity index (χ3n) is 2.64. The Kier molecular flexibility index (Phi) is 2.37. The summed E-state index contributed by atoms with van der Waals surface area (Å²) >= 11 is 3.51. The molecule has 0 bridgehead atoms. The first-order valence-electron chi connectivity index (χ1n) is 5.10. The molecule has 0 spiro atoms. The molecule has 4 heteroatoms. The summed E-state index contributed by atoms with van der Waals surface area (Å²) in [5.74, 6) is 1.03. The second-order valence-electron chi connectivity index (χ2n) is 3.72. The van der Waals surface area contributed by atoms with Crippen molar-refractivity contribution in [2.45, 2.75) is 0 Å². The highest BCUT2D eigenvalue weighted by Gasteiger charge is 2.08. The maximum absolute atomic E-state index is 10.6. The maximum atomic E-state index is 10.6. The molecule has 1 N–H and O–H groups in total. The normalized spacial score (nSPS) is 10.9. The molecular formula is C13H8BrNO2. The third-order valence-corrected chi connectivity index (χ3v) is 3.26. The fraction of sp³-hybridized carbons (Fsp3) is 0. The number of aromatic amines is 1. The zero-order valence-corrected chi connectivity index (χ0v) is 10.3. The van der Waals surface area contributed by atoms with Crippen LogP contribution in [0.3, 0.4) is 0 Å². The molecule has 0 aliphatic heterocycles. The van der Waals surface area contributed by atoms with Gasteiger partial charge in [-0.2, -0.15) is 0 Å². The van der Waals surface area contributed by atoms with Crippen molar-refractivity contribution in [1.29, 1.82) is 0 Å². The lowest BCUT2D eigenvalue weighted by Gasteiger charge is -2.00. The number of fused-ring (bicyclic) bond motifs is 1. The van der Waals surface area contributed by atoms with Crippen LogP contribution in [0.4, 0.5) is 0 Å². The van der Waals surface area contributed by atoms with Gasteiger partial charge in [0.1, 0.15) is 5.76 Å². The van der Waals surface area contributed by atoms with Crippen LogP contribution in [-0.4, -0.2) is 11.3 Å². The van der Waals surface area contributed by atoms with Crippen LogP contribution in [0.2, 0.25) is 0 Å². The highest BCUT2D eigenvalue weighted by molar-refractivity contribution is 9.10. The van der Waals surface area contributed by atoms with Crippen LogP contribution >= 0.6 is 15.9 Å². The van der Waals surface area contributed by atoms with Gasteiger partial charge in [-0.05, 0) is 46.3 Å². The first-order chi connectivity index (χ1) is 8.28. The SMILES string of the molecule is O=Cc1ccc(-c2cc(Br)c3[nH]ccc3c2)o1. The predicted molar refractivity (Wildman–Crippen MR) is 69.1 cm³/mol. The van der Waals surface area contributed by atoms with E-state index >= 15 is 0 Å². The summed E-state index contributed by atoms with van der Waals surface area (Å²) < 4.78 is 6.37. The van der Waals surface area contributed by atoms with Gasteiger partial charge >= 0.3 is 0 Å². The number of H-pyrrole nitrogens is 1. The molecule has 0 radical (unpaired) electrons. The minimum atomic E-state index is 0.338. The molecule has 2 aromatic heterocycles. The molecule has 0 saturated carbocycles. The number of carbonyl (C=O) groups excluding carboxylic acids is 1. The molecule has 1 aromatic carbocycles. The molecule has 0 amide bonds. The monoisotopic (exact) mass is 289 g/mol. The van der Waals surface area contributed by atoms with Gasteiger partial charge in [-0.3, -0.25) is 4.79 Å². The molecule has 0 saturated heterocycles. The summed E-state index contributed by atoms with van der Waals surface area (Å²) in [6, 6.07) is 9.44. The number of hydrogen-bond donors (Lipinski definition) is 1. The van der Waals surface area contributed by atoms with Gasteiger partial charge in [-0.25, -0.2) is 0 Å². The lowest BCUT2D eigenvalue weighted by molar-refractivity contribution is 0.110. The van der Waals surface area contributed by atoms with E-state index in [1.165, 1.54) is 0 Å². The minimum Gasteiger partial charge on any atom is -0.453 e. The second kappa shape index (κ2) is 3.89. The molecule has 84 valence electrons. The van der Waals surface area contributed by atoms with Gasteiger partial charge in [0.25, 0.3) is 0 Å². The molecule has 2 heterocycles. The van der Waals surface area contributed by atoms with Gasteiger partial charge in [-0.1, -0.05) is 0 Å². The first-order valence-corrected chi connectivity index (χ1v) is 5.89. The van der Waals surface area contributed by atoms with Gasteiger partial charge < -0.3 is 9.40 Å². The van der Waals surface area contributed by atoms with Crippen LogP contribution in [0.15, 0.2) is 45.4 Å². The fourth-order valence-electron chi connectivity index (χ4n) is 1.84. The molecule has 0 unspecified atom stereocenters. The molecular weight excluding hydrogens is 282 g/mol. The van der Waals surface area contributed by atoms with Gasteiger partial charge in [0.2, 0.25) is 0 Å². The van der Waals surface area contributed by atoms with Crippen molar-refractivity contribution in [3.8, 4) is 11.3 Å². The van der Waals surface area contributed by atoms with E-state index in [0.29, 0.717) is 17.8 Å². The van der Waals surface area contributed by atoms with Crippen molar-refractivity contribution in [3.63, 3.8) is 0 Å². The zero-order chi connectivity index (χ0) is 11.8. The van der Waals surface area contributed by atoms with Gasteiger partial charge in [-0.15, -0.1) is 0 Å². The van der Waals surface area contributed by atoms with Crippen molar-refractivity contribution in [2.75, 3.05) is 0 Å². The third kappa shape index (κ3) is 1.70. The summed E-state index contributed by atoms with van der Waals surface area (Å²) in [7, 11) is 0. The maximum Gasteiger partial charge on any atom is 0.185 e. The van der Waals surface area contributed by atoms with Crippen molar-refractivity contribution in [3.05, 3.63) is 46.8 Å². The highest BCUT2D eigenvalue weighted by atomic mass is 79.9. The Hall–Kier alpha value is -1.81. The molecule has 3 aromatic rings. The molecule has 0 atom stereocenters. The van der Waals surface area contributed by atoms with E-state index in [-0.39, 0.29) is 0 Å². The van der Waals surface area contributed by atoms with Gasteiger partial charge in [0.05, 0.1) is 5.52 Å². The van der Waals surface area contributed by atoms with Crippen molar-refractivity contribution in [1.82, 2.24) is 4.98 Å². The molecule has 17 heavy (non-hydrogen) atoms. The number of aromatic nitrogens is 1. The van der Waals surface area contributed by atoms with E-state index in [2.05, 4.69) is 20.9 Å². The van der Waals surface area contributed by atoms with Crippen LogP contribution in [0, 0.1) is 0 Å². The molecule has 0 aliphatic rings. The standard InChI is InChI=1S/C13H8BrNO2/c14-11-6-9(5-8-3-4-15-13(8)11)12-2-1-10(7-16)17-12/h1-7,15H. The fourth-order valence-corrected chi connectivity index (χ4v) is 2.43. The molecule has 0 aliphatic carbocycles. The summed E-state index contributed by atoms with van der Waals surface area (Å²) in [4.78, 5) is 13.7. The van der Waals surface area contributed by atoms with Crippen LogP contribution in [0.1, 0.15) is 10.6 Å². The van der Waals surface area contributed by atoms with E-state index in [1.54, 1.807) is 12.1 Å².